The van der Waals surface area contributed by atoms with Crippen molar-refractivity contribution in [3.05, 3.63) is 18.2 Å². The van der Waals surface area contributed by atoms with Crippen LogP contribution < -0.4 is 15.0 Å². The highest BCUT2D eigenvalue weighted by Gasteiger charge is 2.20. The van der Waals surface area contributed by atoms with Gasteiger partial charge in [-0.1, -0.05) is 6.07 Å². The summed E-state index contributed by atoms with van der Waals surface area (Å²) in [5, 5.41) is 3.42. The Morgan fingerprint density at radius 3 is 2.74 bits per heavy atom. The molecule has 106 valence electrons. The molecule has 0 aromatic carbocycles. The van der Waals surface area contributed by atoms with Crippen LogP contribution in [0.3, 0.4) is 0 Å². The Morgan fingerprint density at radius 1 is 1.37 bits per heavy atom. The third kappa shape index (κ3) is 3.83. The molecule has 1 aliphatic rings. The minimum atomic E-state index is 0.453. The van der Waals surface area contributed by atoms with E-state index in [-0.39, 0.29) is 0 Å². The van der Waals surface area contributed by atoms with Crippen LogP contribution in [0.25, 0.3) is 0 Å². The number of aromatic nitrogens is 1. The number of nitrogens with zero attached hydrogens (tertiary/aromatic N) is 2. The molecule has 1 aliphatic heterocycles. The monoisotopic (exact) mass is 263 g/mol. The molecular formula is C15H25N3O. The van der Waals surface area contributed by atoms with Crippen LogP contribution in [0.15, 0.2) is 18.2 Å². The lowest BCUT2D eigenvalue weighted by Gasteiger charge is -2.33. The molecule has 1 fully saturated rings. The van der Waals surface area contributed by atoms with Gasteiger partial charge in [0.15, 0.2) is 0 Å². The maximum Gasteiger partial charge on any atom is 0.214 e. The third-order valence-electron chi connectivity index (χ3n) is 3.75. The van der Waals surface area contributed by atoms with Gasteiger partial charge in [0.1, 0.15) is 5.82 Å². The summed E-state index contributed by atoms with van der Waals surface area (Å²) in [6, 6.07) is 6.43. The first-order chi connectivity index (χ1) is 9.20. The molecule has 0 saturated carbocycles. The van der Waals surface area contributed by atoms with Crippen LogP contribution in [-0.4, -0.2) is 37.8 Å². The second kappa shape index (κ2) is 6.75. The summed E-state index contributed by atoms with van der Waals surface area (Å²) in [6.07, 6.45) is 2.51. The van der Waals surface area contributed by atoms with Gasteiger partial charge in [-0.25, -0.2) is 0 Å². The Kier molecular flexibility index (Phi) is 5.02. The van der Waals surface area contributed by atoms with Gasteiger partial charge in [-0.2, -0.15) is 4.98 Å². The molecule has 19 heavy (non-hydrogen) atoms. The van der Waals surface area contributed by atoms with Gasteiger partial charge < -0.3 is 15.0 Å². The van der Waals surface area contributed by atoms with Crippen molar-refractivity contribution in [3.8, 4) is 5.88 Å². The van der Waals surface area contributed by atoms with Crippen LogP contribution in [0, 0.1) is 5.92 Å². The third-order valence-corrected chi connectivity index (χ3v) is 3.75. The fraction of sp³-hybridized carbons (Fsp3) is 0.667. The quantitative estimate of drug-likeness (QED) is 0.884. The number of piperidine rings is 1. The minimum Gasteiger partial charge on any atom is -0.481 e. The zero-order chi connectivity index (χ0) is 13.7. The van der Waals surface area contributed by atoms with E-state index in [4.69, 9.17) is 4.74 Å². The molecule has 0 aliphatic carbocycles. The molecule has 0 spiro atoms. The lowest BCUT2D eigenvalue weighted by atomic mass is 9.97. The summed E-state index contributed by atoms with van der Waals surface area (Å²) in [4.78, 5) is 6.95. The number of ether oxygens (including phenoxy) is 1. The molecule has 2 rings (SSSR count). The van der Waals surface area contributed by atoms with Gasteiger partial charge in [-0.15, -0.1) is 0 Å². The molecule has 1 saturated heterocycles. The molecule has 2 heterocycles. The normalized spacial score (nSPS) is 16.6. The molecule has 4 heteroatoms. The maximum absolute atomic E-state index is 5.23. The average Bonchev–Trinajstić information content (AvgIpc) is 2.45. The smallest absolute Gasteiger partial charge is 0.214 e. The van der Waals surface area contributed by atoms with Gasteiger partial charge in [0.25, 0.3) is 0 Å². The molecular weight excluding hydrogens is 238 g/mol. The molecule has 1 aromatic heterocycles. The summed E-state index contributed by atoms with van der Waals surface area (Å²) in [5.41, 5.74) is 0. The first-order valence-corrected chi connectivity index (χ1v) is 7.19. The van der Waals surface area contributed by atoms with E-state index in [0.717, 1.165) is 31.4 Å². The van der Waals surface area contributed by atoms with Crippen LogP contribution in [-0.2, 0) is 0 Å². The fourth-order valence-electron chi connectivity index (χ4n) is 2.59. The van der Waals surface area contributed by atoms with E-state index in [9.17, 15) is 0 Å². The largest absolute Gasteiger partial charge is 0.481 e. The second-order valence-corrected chi connectivity index (χ2v) is 5.48. The van der Waals surface area contributed by atoms with Crippen molar-refractivity contribution in [1.29, 1.82) is 0 Å². The number of anilines is 1. The molecule has 0 bridgehead atoms. The standard InChI is InChI=1S/C15H25N3O/c1-12(2)18(11-13-7-9-16-10-8-13)14-5-4-6-15(17-14)19-3/h4-6,12-13,16H,7-11H2,1-3H3. The summed E-state index contributed by atoms with van der Waals surface area (Å²) in [6.45, 7) is 7.81. The first kappa shape index (κ1) is 14.1. The van der Waals surface area contributed by atoms with E-state index in [1.54, 1.807) is 7.11 Å². The Morgan fingerprint density at radius 2 is 2.11 bits per heavy atom. The van der Waals surface area contributed by atoms with Gasteiger partial charge in [-0.3, -0.25) is 0 Å². The van der Waals surface area contributed by atoms with Crippen LogP contribution in [0.5, 0.6) is 5.88 Å². The second-order valence-electron chi connectivity index (χ2n) is 5.48. The van der Waals surface area contributed by atoms with Crippen LogP contribution in [0.4, 0.5) is 5.82 Å². The molecule has 4 nitrogen and oxygen atoms in total. The Labute approximate surface area is 116 Å². The predicted molar refractivity (Wildman–Crippen MR) is 78.9 cm³/mol. The summed E-state index contributed by atoms with van der Waals surface area (Å²) < 4.78 is 5.23. The van der Waals surface area contributed by atoms with Crippen molar-refractivity contribution in [2.45, 2.75) is 32.7 Å². The number of hydrogen-bond acceptors (Lipinski definition) is 4. The Bertz CT molecular complexity index is 389. The first-order valence-electron chi connectivity index (χ1n) is 7.19. The predicted octanol–water partition coefficient (Wildman–Crippen LogP) is 2.30. The summed E-state index contributed by atoms with van der Waals surface area (Å²) in [7, 11) is 1.67. The van der Waals surface area contributed by atoms with Gasteiger partial charge in [0.05, 0.1) is 7.11 Å². The van der Waals surface area contributed by atoms with Crippen molar-refractivity contribution in [2.24, 2.45) is 5.92 Å². The number of nitrogens with one attached hydrogen (secondary N) is 1. The van der Waals surface area contributed by atoms with E-state index < -0.39 is 0 Å². The van der Waals surface area contributed by atoms with Crippen LogP contribution >= 0.6 is 0 Å². The molecule has 0 unspecified atom stereocenters. The van der Waals surface area contributed by atoms with Crippen molar-refractivity contribution < 1.29 is 4.74 Å². The number of hydrogen-bond donors (Lipinski definition) is 1. The van der Waals surface area contributed by atoms with Crippen LogP contribution in [0.1, 0.15) is 26.7 Å². The lowest BCUT2D eigenvalue weighted by Crippen LogP contribution is -2.40. The van der Waals surface area contributed by atoms with Gasteiger partial charge in [0, 0.05) is 18.7 Å². The topological polar surface area (TPSA) is 37.4 Å². The average molecular weight is 263 g/mol. The zero-order valence-corrected chi connectivity index (χ0v) is 12.2. The molecule has 0 radical (unpaired) electrons. The molecule has 0 amide bonds. The molecule has 1 aromatic rings. The minimum absolute atomic E-state index is 0.453. The number of rotatable bonds is 5. The fourth-order valence-corrected chi connectivity index (χ4v) is 2.59. The number of methoxy groups -OCH3 is 1. The van der Waals surface area contributed by atoms with Gasteiger partial charge >= 0.3 is 0 Å². The van der Waals surface area contributed by atoms with Gasteiger partial charge in [-0.05, 0) is 51.8 Å². The van der Waals surface area contributed by atoms with E-state index in [1.807, 2.05) is 12.1 Å². The Hall–Kier alpha value is -1.29. The van der Waals surface area contributed by atoms with Crippen LogP contribution in [0.2, 0.25) is 0 Å². The zero-order valence-electron chi connectivity index (χ0n) is 12.2. The number of pyridine rings is 1. The van der Waals surface area contributed by atoms with Crippen molar-refractivity contribution in [3.63, 3.8) is 0 Å². The highest BCUT2D eigenvalue weighted by molar-refractivity contribution is 5.41. The summed E-state index contributed by atoms with van der Waals surface area (Å²) >= 11 is 0. The van der Waals surface area contributed by atoms with Crippen molar-refractivity contribution in [2.75, 3.05) is 31.6 Å². The maximum atomic E-state index is 5.23. The lowest BCUT2D eigenvalue weighted by molar-refractivity contribution is 0.365. The highest BCUT2D eigenvalue weighted by Crippen LogP contribution is 2.22. The highest BCUT2D eigenvalue weighted by atomic mass is 16.5. The van der Waals surface area contributed by atoms with Gasteiger partial charge in [0.2, 0.25) is 5.88 Å². The van der Waals surface area contributed by atoms with Crippen molar-refractivity contribution in [1.82, 2.24) is 10.3 Å². The van der Waals surface area contributed by atoms with E-state index in [2.05, 4.69) is 35.1 Å². The SMILES string of the molecule is COc1cccc(N(CC2CCNCC2)C(C)C)n1. The summed E-state index contributed by atoms with van der Waals surface area (Å²) in [5.74, 6) is 2.47. The molecule has 0 atom stereocenters. The van der Waals surface area contributed by atoms with E-state index in [1.165, 1.54) is 12.8 Å². The Balaban J connectivity index is 2.09. The molecule has 1 N–H and O–H groups in total. The van der Waals surface area contributed by atoms with Crippen molar-refractivity contribution >= 4 is 5.82 Å². The van der Waals surface area contributed by atoms with E-state index >= 15 is 0 Å². The van der Waals surface area contributed by atoms with E-state index in [0.29, 0.717) is 11.9 Å².